The smallest absolute Gasteiger partial charge is 0.246 e. The summed E-state index contributed by atoms with van der Waals surface area (Å²) < 4.78 is 17.4. The summed E-state index contributed by atoms with van der Waals surface area (Å²) in [6.45, 7) is 13.0. The van der Waals surface area contributed by atoms with Crippen LogP contribution in [0.2, 0.25) is 0 Å². The average molecular weight is 400 g/mol. The first-order chi connectivity index (χ1) is 13.9. The van der Waals surface area contributed by atoms with Crippen LogP contribution in [0.5, 0.6) is 11.5 Å². The summed E-state index contributed by atoms with van der Waals surface area (Å²) in [4.78, 5) is 12.5. The van der Waals surface area contributed by atoms with Gasteiger partial charge in [0.15, 0.2) is 0 Å². The molecule has 0 saturated carbocycles. The maximum atomic E-state index is 12.5. The second-order valence-corrected chi connectivity index (χ2v) is 7.06. The van der Waals surface area contributed by atoms with Crippen LogP contribution in [0.15, 0.2) is 36.4 Å². The Morgan fingerprint density at radius 2 is 1.66 bits per heavy atom. The summed E-state index contributed by atoms with van der Waals surface area (Å²) in [5, 5.41) is 3.03. The number of rotatable bonds is 10. The van der Waals surface area contributed by atoms with Gasteiger partial charge in [0.25, 0.3) is 0 Å². The van der Waals surface area contributed by atoms with E-state index in [4.69, 9.17) is 14.2 Å². The van der Waals surface area contributed by atoms with Gasteiger partial charge in [-0.05, 0) is 64.3 Å². The molecule has 2 aromatic rings. The van der Waals surface area contributed by atoms with Crippen molar-refractivity contribution >= 4 is 5.91 Å². The molecule has 0 unspecified atom stereocenters. The topological polar surface area (TPSA) is 56.8 Å². The molecule has 0 saturated heterocycles. The molecular weight excluding hydrogens is 366 g/mol. The summed E-state index contributed by atoms with van der Waals surface area (Å²) in [6, 6.07) is 11.7. The van der Waals surface area contributed by atoms with E-state index in [9.17, 15) is 4.79 Å². The minimum absolute atomic E-state index is 0.00193. The van der Waals surface area contributed by atoms with Gasteiger partial charge in [-0.2, -0.15) is 0 Å². The first kappa shape index (κ1) is 22.8. The van der Waals surface area contributed by atoms with Gasteiger partial charge in [-0.3, -0.25) is 4.79 Å². The third-order valence-electron chi connectivity index (χ3n) is 4.94. The van der Waals surface area contributed by atoms with Crippen LogP contribution in [0.25, 0.3) is 0 Å². The minimum atomic E-state index is -0.197. The standard InChI is InChI=1S/C24H33NO4/c1-7-27-22-14-21(16(3)24(17(22)4)28-8-2)18(5)25-23(26)15-29-19(6)20-12-10-9-11-13-20/h9-14,18-19H,7-8,15H2,1-6H3,(H,25,26)/t18-,19+/m1/s1. The van der Waals surface area contributed by atoms with Crippen LogP contribution >= 0.6 is 0 Å². The molecule has 0 heterocycles. The maximum Gasteiger partial charge on any atom is 0.246 e. The second kappa shape index (κ2) is 10.9. The monoisotopic (exact) mass is 399 g/mol. The molecule has 2 aromatic carbocycles. The number of carbonyl (C=O) groups is 1. The van der Waals surface area contributed by atoms with Crippen LogP contribution in [0.4, 0.5) is 0 Å². The number of hydrogen-bond donors (Lipinski definition) is 1. The van der Waals surface area contributed by atoms with Crippen molar-refractivity contribution in [3.63, 3.8) is 0 Å². The van der Waals surface area contributed by atoms with Crippen molar-refractivity contribution in [3.8, 4) is 11.5 Å². The predicted molar refractivity (Wildman–Crippen MR) is 116 cm³/mol. The SMILES string of the molecule is CCOc1cc([C@@H](C)NC(=O)CO[C@@H](C)c2ccccc2)c(C)c(OCC)c1C. The summed E-state index contributed by atoms with van der Waals surface area (Å²) in [5.74, 6) is 1.45. The Bertz CT molecular complexity index is 804. The zero-order valence-electron chi connectivity index (χ0n) is 18.4. The fraction of sp³-hybridized carbons (Fsp3) is 0.458. The molecule has 0 aliphatic heterocycles. The fourth-order valence-corrected chi connectivity index (χ4v) is 3.38. The molecule has 0 aromatic heterocycles. The van der Waals surface area contributed by atoms with Crippen LogP contribution in [0.1, 0.15) is 62.1 Å². The number of carbonyl (C=O) groups excluding carboxylic acids is 1. The second-order valence-electron chi connectivity index (χ2n) is 7.06. The number of benzene rings is 2. The largest absolute Gasteiger partial charge is 0.493 e. The molecule has 1 N–H and O–H groups in total. The van der Waals surface area contributed by atoms with Gasteiger partial charge >= 0.3 is 0 Å². The molecule has 0 spiro atoms. The third-order valence-corrected chi connectivity index (χ3v) is 4.94. The van der Waals surface area contributed by atoms with Gasteiger partial charge in [0.1, 0.15) is 18.1 Å². The lowest BCUT2D eigenvalue weighted by Gasteiger charge is -2.23. The molecule has 0 fully saturated rings. The van der Waals surface area contributed by atoms with Crippen LogP contribution in [-0.4, -0.2) is 25.7 Å². The van der Waals surface area contributed by atoms with Crippen molar-refractivity contribution in [2.75, 3.05) is 19.8 Å². The maximum absolute atomic E-state index is 12.5. The first-order valence-corrected chi connectivity index (χ1v) is 10.2. The normalized spacial score (nSPS) is 12.9. The molecule has 2 atom stereocenters. The van der Waals surface area contributed by atoms with Crippen LogP contribution in [-0.2, 0) is 9.53 Å². The Hall–Kier alpha value is -2.53. The van der Waals surface area contributed by atoms with Gasteiger partial charge in [0.2, 0.25) is 5.91 Å². The average Bonchev–Trinajstić information content (AvgIpc) is 2.72. The van der Waals surface area contributed by atoms with E-state index in [1.54, 1.807) is 0 Å². The summed E-state index contributed by atoms with van der Waals surface area (Å²) in [7, 11) is 0. The molecule has 2 rings (SSSR count). The lowest BCUT2D eigenvalue weighted by atomic mass is 9.97. The van der Waals surface area contributed by atoms with Gasteiger partial charge in [-0.1, -0.05) is 30.3 Å². The molecule has 1 amide bonds. The quantitative estimate of drug-likeness (QED) is 0.607. The van der Waals surface area contributed by atoms with Crippen LogP contribution in [0, 0.1) is 13.8 Å². The highest BCUT2D eigenvalue weighted by Gasteiger charge is 2.20. The van der Waals surface area contributed by atoms with Crippen molar-refractivity contribution in [2.45, 2.75) is 53.7 Å². The van der Waals surface area contributed by atoms with Crippen LogP contribution < -0.4 is 14.8 Å². The molecule has 5 nitrogen and oxygen atoms in total. The third kappa shape index (κ3) is 5.97. The van der Waals surface area contributed by atoms with Crippen LogP contribution in [0.3, 0.4) is 0 Å². The number of hydrogen-bond acceptors (Lipinski definition) is 4. The molecule has 0 bridgehead atoms. The minimum Gasteiger partial charge on any atom is -0.493 e. The first-order valence-electron chi connectivity index (χ1n) is 10.2. The van der Waals surface area contributed by atoms with Crippen molar-refractivity contribution in [3.05, 3.63) is 58.7 Å². The van der Waals surface area contributed by atoms with Gasteiger partial charge in [-0.15, -0.1) is 0 Å². The Morgan fingerprint density at radius 1 is 1.00 bits per heavy atom. The lowest BCUT2D eigenvalue weighted by molar-refractivity contribution is -0.128. The molecule has 158 valence electrons. The highest BCUT2D eigenvalue weighted by atomic mass is 16.5. The van der Waals surface area contributed by atoms with E-state index in [1.165, 1.54) is 0 Å². The zero-order chi connectivity index (χ0) is 21.4. The number of amides is 1. The Kier molecular flexibility index (Phi) is 8.52. The van der Waals surface area contributed by atoms with E-state index >= 15 is 0 Å². The zero-order valence-corrected chi connectivity index (χ0v) is 18.4. The molecule has 29 heavy (non-hydrogen) atoms. The van der Waals surface area contributed by atoms with Crippen molar-refractivity contribution in [2.24, 2.45) is 0 Å². The Labute approximate surface area is 174 Å². The van der Waals surface area contributed by atoms with Crippen molar-refractivity contribution in [1.29, 1.82) is 0 Å². The molecule has 0 radical (unpaired) electrons. The van der Waals surface area contributed by atoms with Crippen molar-refractivity contribution < 1.29 is 19.0 Å². The molecule has 5 heteroatoms. The Balaban J connectivity index is 2.08. The van der Waals surface area contributed by atoms with E-state index < -0.39 is 0 Å². The van der Waals surface area contributed by atoms with E-state index in [0.717, 1.165) is 33.8 Å². The van der Waals surface area contributed by atoms with E-state index in [1.807, 2.05) is 77.9 Å². The van der Waals surface area contributed by atoms with Gasteiger partial charge < -0.3 is 19.5 Å². The van der Waals surface area contributed by atoms with Gasteiger partial charge in [0.05, 0.1) is 25.4 Å². The number of nitrogens with one attached hydrogen (secondary N) is 1. The predicted octanol–water partition coefficient (Wildman–Crippen LogP) is 5.06. The van der Waals surface area contributed by atoms with Gasteiger partial charge in [0, 0.05) is 5.56 Å². The van der Waals surface area contributed by atoms with Gasteiger partial charge in [-0.25, -0.2) is 0 Å². The Morgan fingerprint density at radius 3 is 2.28 bits per heavy atom. The molecule has 0 aliphatic rings. The van der Waals surface area contributed by atoms with Crippen molar-refractivity contribution in [1.82, 2.24) is 5.32 Å². The number of ether oxygens (including phenoxy) is 3. The fourth-order valence-electron chi connectivity index (χ4n) is 3.38. The highest BCUT2D eigenvalue weighted by molar-refractivity contribution is 5.77. The van der Waals surface area contributed by atoms with E-state index in [0.29, 0.717) is 13.2 Å². The molecular formula is C24H33NO4. The highest BCUT2D eigenvalue weighted by Crippen LogP contribution is 2.36. The molecule has 0 aliphatic carbocycles. The summed E-state index contributed by atoms with van der Waals surface area (Å²) in [5.41, 5.74) is 4.02. The lowest BCUT2D eigenvalue weighted by Crippen LogP contribution is -2.31. The summed E-state index contributed by atoms with van der Waals surface area (Å²) in [6.07, 6.45) is -0.146. The summed E-state index contributed by atoms with van der Waals surface area (Å²) >= 11 is 0. The van der Waals surface area contributed by atoms with E-state index in [2.05, 4.69) is 5.32 Å². The van der Waals surface area contributed by atoms with E-state index in [-0.39, 0.29) is 24.7 Å².